The zero-order chi connectivity index (χ0) is 22.0. The minimum absolute atomic E-state index is 0.199. The second-order valence-electron chi connectivity index (χ2n) is 6.98. The number of nitrogens with zero attached hydrogens (tertiary/aromatic N) is 2. The van der Waals surface area contributed by atoms with Gasteiger partial charge in [-0.15, -0.1) is 0 Å². The highest BCUT2D eigenvalue weighted by Gasteiger charge is 2.41. The van der Waals surface area contributed by atoms with Gasteiger partial charge in [-0.25, -0.2) is 0 Å². The predicted molar refractivity (Wildman–Crippen MR) is 123 cm³/mol. The molecule has 3 heterocycles. The van der Waals surface area contributed by atoms with E-state index in [4.69, 9.17) is 44.6 Å². The maximum Gasteiger partial charge on any atom is 0.307 e. The number of ether oxygens (including phenoxy) is 1. The molecule has 0 amide bonds. The van der Waals surface area contributed by atoms with Crippen LogP contribution in [0, 0.1) is 0 Å². The lowest BCUT2D eigenvalue weighted by Crippen LogP contribution is -2.31. The van der Waals surface area contributed by atoms with E-state index < -0.39 is 0 Å². The normalized spacial score (nSPS) is 18.2. The Morgan fingerprint density at radius 1 is 1.23 bits per heavy atom. The number of carbonyl (C=O) groups is 1. The molecule has 2 atom stereocenters. The third-order valence-corrected chi connectivity index (χ3v) is 6.20. The maximum absolute atomic E-state index is 11.7. The number of carbonyl (C=O) groups excluding carboxylic acids is 1. The van der Waals surface area contributed by atoms with Gasteiger partial charge in [0.25, 0.3) is 0 Å². The number of nitrogens with one attached hydrogen (secondary N) is 1. The van der Waals surface area contributed by atoms with Crippen LogP contribution in [0.25, 0.3) is 11.3 Å². The van der Waals surface area contributed by atoms with Crippen LogP contribution >= 0.6 is 35.4 Å². The summed E-state index contributed by atoms with van der Waals surface area (Å²) in [6.07, 6.45) is 1.93. The highest BCUT2D eigenvalue weighted by molar-refractivity contribution is 7.80. The van der Waals surface area contributed by atoms with Gasteiger partial charge >= 0.3 is 5.97 Å². The van der Waals surface area contributed by atoms with E-state index in [1.165, 1.54) is 7.11 Å². The van der Waals surface area contributed by atoms with Crippen molar-refractivity contribution in [2.24, 2.45) is 0 Å². The second kappa shape index (κ2) is 9.26. The molecule has 3 aromatic rings. The summed E-state index contributed by atoms with van der Waals surface area (Å²) in [6, 6.07) is 14.3. The van der Waals surface area contributed by atoms with Gasteiger partial charge < -0.3 is 19.4 Å². The first kappa shape index (κ1) is 21.6. The number of benzene rings is 1. The first-order valence-corrected chi connectivity index (χ1v) is 10.7. The molecule has 0 spiro atoms. The van der Waals surface area contributed by atoms with Crippen LogP contribution in [0.4, 0.5) is 0 Å². The van der Waals surface area contributed by atoms with Crippen molar-refractivity contribution in [3.8, 4) is 11.3 Å². The van der Waals surface area contributed by atoms with Crippen molar-refractivity contribution < 1.29 is 13.9 Å². The lowest BCUT2D eigenvalue weighted by Gasteiger charge is -2.25. The summed E-state index contributed by atoms with van der Waals surface area (Å²) in [5, 5.41) is 4.77. The van der Waals surface area contributed by atoms with Crippen LogP contribution in [0.1, 0.15) is 30.0 Å². The molecular formula is C22H19Cl2N3O3S. The summed E-state index contributed by atoms with van der Waals surface area (Å²) in [6.45, 7) is 0.384. The van der Waals surface area contributed by atoms with Crippen molar-refractivity contribution in [1.82, 2.24) is 15.2 Å². The zero-order valence-electron chi connectivity index (χ0n) is 16.5. The van der Waals surface area contributed by atoms with E-state index in [9.17, 15) is 4.79 Å². The summed E-state index contributed by atoms with van der Waals surface area (Å²) in [5.74, 6) is 1.03. The van der Waals surface area contributed by atoms with E-state index in [1.54, 1.807) is 18.3 Å². The lowest BCUT2D eigenvalue weighted by atomic mass is 10.0. The second-order valence-corrected chi connectivity index (χ2v) is 8.18. The van der Waals surface area contributed by atoms with E-state index in [1.807, 2.05) is 41.3 Å². The van der Waals surface area contributed by atoms with E-state index in [0.29, 0.717) is 33.2 Å². The Balaban J connectivity index is 1.69. The summed E-state index contributed by atoms with van der Waals surface area (Å²) < 4.78 is 11.0. The topological polar surface area (TPSA) is 67.6 Å². The van der Waals surface area contributed by atoms with Crippen molar-refractivity contribution in [2.45, 2.75) is 18.5 Å². The first-order chi connectivity index (χ1) is 15.0. The maximum atomic E-state index is 11.7. The molecule has 0 radical (unpaired) electrons. The summed E-state index contributed by atoms with van der Waals surface area (Å²) in [4.78, 5) is 18.2. The van der Waals surface area contributed by atoms with Crippen LogP contribution in [0.5, 0.6) is 0 Å². The number of methoxy groups -OCH3 is 1. The number of halogens is 2. The van der Waals surface area contributed by atoms with Crippen molar-refractivity contribution >= 4 is 46.5 Å². The third kappa shape index (κ3) is 4.54. The minimum atomic E-state index is -0.307. The molecule has 1 aliphatic rings. The highest BCUT2D eigenvalue weighted by atomic mass is 35.5. The van der Waals surface area contributed by atoms with Gasteiger partial charge in [0, 0.05) is 18.3 Å². The average molecular weight is 476 g/mol. The first-order valence-electron chi connectivity index (χ1n) is 9.58. The van der Waals surface area contributed by atoms with Crippen molar-refractivity contribution in [2.75, 3.05) is 13.7 Å². The highest BCUT2D eigenvalue weighted by Crippen LogP contribution is 2.41. The monoisotopic (exact) mass is 475 g/mol. The van der Waals surface area contributed by atoms with E-state index in [0.717, 1.165) is 11.3 Å². The Bertz CT molecular complexity index is 1110. The number of hydrogen-bond acceptors (Lipinski definition) is 5. The largest absolute Gasteiger partial charge is 0.469 e. The molecule has 9 heteroatoms. The molecule has 1 aliphatic heterocycles. The van der Waals surface area contributed by atoms with Crippen LogP contribution in [-0.2, 0) is 9.53 Å². The van der Waals surface area contributed by atoms with Gasteiger partial charge in [0.1, 0.15) is 17.6 Å². The molecule has 1 N–H and O–H groups in total. The fourth-order valence-electron chi connectivity index (χ4n) is 3.59. The van der Waals surface area contributed by atoms with Crippen LogP contribution in [0.3, 0.4) is 0 Å². The van der Waals surface area contributed by atoms with Gasteiger partial charge in [-0.2, -0.15) is 0 Å². The van der Waals surface area contributed by atoms with Crippen LogP contribution in [0.15, 0.2) is 59.1 Å². The SMILES string of the molecule is COC(=O)CCN1C(=S)N[C@H](c2ccccn2)[C@H]1c1ccc(-c2ccc(Cl)c(Cl)c2)o1. The van der Waals surface area contributed by atoms with Gasteiger partial charge in [0.15, 0.2) is 5.11 Å². The van der Waals surface area contributed by atoms with Gasteiger partial charge in [0.05, 0.1) is 35.3 Å². The average Bonchev–Trinajstić information content (AvgIpc) is 3.39. The molecule has 0 saturated carbocycles. The standard InChI is InChI=1S/C22H19Cl2N3O3S/c1-29-19(28)9-11-27-21(20(26-22(27)31)16-4-2-3-10-25-16)18-8-7-17(30-18)13-5-6-14(23)15(24)12-13/h2-8,10,12,20-21H,9,11H2,1H3,(H,26,31)/t20-,21-/m1/s1. The predicted octanol–water partition coefficient (Wildman–Crippen LogP) is 5.18. The Morgan fingerprint density at radius 2 is 2.06 bits per heavy atom. The quantitative estimate of drug-likeness (QED) is 0.388. The lowest BCUT2D eigenvalue weighted by molar-refractivity contribution is -0.140. The summed E-state index contributed by atoms with van der Waals surface area (Å²) in [7, 11) is 1.37. The van der Waals surface area contributed by atoms with Crippen molar-refractivity contribution in [3.63, 3.8) is 0 Å². The molecule has 6 nitrogen and oxygen atoms in total. The zero-order valence-corrected chi connectivity index (χ0v) is 18.9. The fourth-order valence-corrected chi connectivity index (χ4v) is 4.22. The molecular weight excluding hydrogens is 457 g/mol. The number of furan rings is 1. The van der Waals surface area contributed by atoms with Crippen molar-refractivity contribution in [1.29, 1.82) is 0 Å². The van der Waals surface area contributed by atoms with Crippen LogP contribution in [0.2, 0.25) is 10.0 Å². The van der Waals surface area contributed by atoms with E-state index in [-0.39, 0.29) is 24.5 Å². The molecule has 31 heavy (non-hydrogen) atoms. The Kier molecular flexibility index (Phi) is 6.46. The molecule has 0 unspecified atom stereocenters. The third-order valence-electron chi connectivity index (χ3n) is 5.10. The summed E-state index contributed by atoms with van der Waals surface area (Å²) >= 11 is 17.8. The Morgan fingerprint density at radius 3 is 2.77 bits per heavy atom. The van der Waals surface area contributed by atoms with E-state index in [2.05, 4.69) is 10.3 Å². The molecule has 1 fully saturated rings. The Labute approximate surface area is 195 Å². The minimum Gasteiger partial charge on any atom is -0.469 e. The van der Waals surface area contributed by atoms with Gasteiger partial charge in [-0.1, -0.05) is 29.3 Å². The molecule has 4 rings (SSSR count). The fraction of sp³-hybridized carbons (Fsp3) is 0.227. The molecule has 160 valence electrons. The van der Waals surface area contributed by atoms with E-state index >= 15 is 0 Å². The number of thiocarbonyl (C=S) groups is 1. The van der Waals surface area contributed by atoms with Gasteiger partial charge in [0.2, 0.25) is 0 Å². The molecule has 2 aromatic heterocycles. The number of aromatic nitrogens is 1. The van der Waals surface area contributed by atoms with Crippen LogP contribution in [-0.4, -0.2) is 34.6 Å². The molecule has 1 saturated heterocycles. The molecule has 0 bridgehead atoms. The smallest absolute Gasteiger partial charge is 0.307 e. The number of rotatable bonds is 6. The molecule has 0 aliphatic carbocycles. The number of hydrogen-bond donors (Lipinski definition) is 1. The van der Waals surface area contributed by atoms with Crippen molar-refractivity contribution in [3.05, 3.63) is 76.2 Å². The molecule has 1 aromatic carbocycles. The van der Waals surface area contributed by atoms with Gasteiger partial charge in [-0.3, -0.25) is 9.78 Å². The van der Waals surface area contributed by atoms with Crippen LogP contribution < -0.4 is 5.32 Å². The summed E-state index contributed by atoms with van der Waals surface area (Å²) in [5.41, 5.74) is 1.63. The number of esters is 1. The Hall–Kier alpha value is -2.61. The van der Waals surface area contributed by atoms with Gasteiger partial charge in [-0.05, 0) is 54.7 Å². The number of pyridine rings is 1.